The number of carboxylic acids is 1. The molecule has 0 aliphatic carbocycles. The zero-order chi connectivity index (χ0) is 9.64. The lowest BCUT2D eigenvalue weighted by atomic mass is 9.92. The molecule has 3 rings (SSSR count). The molecule has 2 unspecified atom stereocenters. The number of morpholine rings is 1. The number of piperidine rings is 1. The van der Waals surface area contributed by atoms with E-state index in [1.807, 2.05) is 4.90 Å². The van der Waals surface area contributed by atoms with Gasteiger partial charge in [0, 0.05) is 19.5 Å². The SMILES string of the molecule is CC(C)(C(=O)O)N1CC2CC(C1)O2. The lowest BCUT2D eigenvalue weighted by Gasteiger charge is -2.51. The molecule has 0 aromatic carbocycles. The highest BCUT2D eigenvalue weighted by atomic mass is 16.5. The smallest absolute Gasteiger partial charge is 0.323 e. The standard InChI is InChI=1S/C9H15NO3/c1-9(2,8(11)12)10-4-6-3-7(5-10)13-6/h6-7H,3-5H2,1-2H3,(H,11,12). The number of hydrogen-bond acceptors (Lipinski definition) is 3. The van der Waals surface area contributed by atoms with Gasteiger partial charge in [0.25, 0.3) is 0 Å². The Morgan fingerprint density at radius 3 is 2.31 bits per heavy atom. The number of fused-ring (bicyclic) bond motifs is 2. The van der Waals surface area contributed by atoms with Gasteiger partial charge in [-0.25, -0.2) is 0 Å². The molecule has 0 amide bonds. The summed E-state index contributed by atoms with van der Waals surface area (Å²) in [5.41, 5.74) is -0.749. The Bertz CT molecular complexity index is 223. The van der Waals surface area contributed by atoms with Crippen LogP contribution in [-0.4, -0.2) is 46.8 Å². The Hall–Kier alpha value is -0.610. The molecule has 3 aliphatic heterocycles. The van der Waals surface area contributed by atoms with Crippen molar-refractivity contribution in [3.63, 3.8) is 0 Å². The van der Waals surface area contributed by atoms with E-state index in [4.69, 9.17) is 9.84 Å². The van der Waals surface area contributed by atoms with Gasteiger partial charge < -0.3 is 9.84 Å². The Kier molecular flexibility index (Phi) is 1.85. The highest BCUT2D eigenvalue weighted by molar-refractivity contribution is 5.77. The van der Waals surface area contributed by atoms with E-state index in [9.17, 15) is 4.79 Å². The summed E-state index contributed by atoms with van der Waals surface area (Å²) in [6, 6.07) is 0. The van der Waals surface area contributed by atoms with Gasteiger partial charge in [-0.05, 0) is 13.8 Å². The highest BCUT2D eigenvalue weighted by Gasteiger charge is 2.45. The van der Waals surface area contributed by atoms with E-state index < -0.39 is 11.5 Å². The summed E-state index contributed by atoms with van der Waals surface area (Å²) in [7, 11) is 0. The summed E-state index contributed by atoms with van der Waals surface area (Å²) in [6.07, 6.45) is 1.65. The molecule has 2 atom stereocenters. The molecule has 0 aromatic rings. The van der Waals surface area contributed by atoms with Crippen LogP contribution in [0.4, 0.5) is 0 Å². The lowest BCUT2D eigenvalue weighted by molar-refractivity contribution is -0.202. The molecule has 0 radical (unpaired) electrons. The number of rotatable bonds is 2. The van der Waals surface area contributed by atoms with Gasteiger partial charge in [-0.3, -0.25) is 9.69 Å². The fourth-order valence-electron chi connectivity index (χ4n) is 1.95. The molecule has 3 aliphatic rings. The second-order valence-corrected chi connectivity index (χ2v) is 4.38. The molecule has 13 heavy (non-hydrogen) atoms. The molecular weight excluding hydrogens is 170 g/mol. The third-order valence-electron chi connectivity index (χ3n) is 3.07. The molecule has 2 bridgehead atoms. The van der Waals surface area contributed by atoms with Crippen molar-refractivity contribution >= 4 is 5.97 Å². The Labute approximate surface area is 77.5 Å². The van der Waals surface area contributed by atoms with E-state index in [0.29, 0.717) is 0 Å². The van der Waals surface area contributed by atoms with Gasteiger partial charge in [-0.1, -0.05) is 0 Å². The largest absolute Gasteiger partial charge is 0.480 e. The van der Waals surface area contributed by atoms with Gasteiger partial charge in [0.05, 0.1) is 12.2 Å². The summed E-state index contributed by atoms with van der Waals surface area (Å²) < 4.78 is 5.45. The number of hydrogen-bond donors (Lipinski definition) is 1. The quantitative estimate of drug-likeness (QED) is 0.673. The van der Waals surface area contributed by atoms with Crippen LogP contribution < -0.4 is 0 Å². The van der Waals surface area contributed by atoms with Crippen LogP contribution in [0.25, 0.3) is 0 Å². The maximum atomic E-state index is 11.0. The van der Waals surface area contributed by atoms with Crippen molar-refractivity contribution < 1.29 is 14.6 Å². The molecule has 1 N–H and O–H groups in total. The average molecular weight is 185 g/mol. The predicted octanol–water partition coefficient (Wildman–Crippen LogP) is 0.323. The lowest BCUT2D eigenvalue weighted by Crippen LogP contribution is -2.64. The molecule has 0 aromatic heterocycles. The zero-order valence-corrected chi connectivity index (χ0v) is 7.99. The van der Waals surface area contributed by atoms with Crippen molar-refractivity contribution in [2.45, 2.75) is 38.0 Å². The molecule has 3 fully saturated rings. The normalized spacial score (nSPS) is 34.0. The van der Waals surface area contributed by atoms with Crippen molar-refractivity contribution in [2.24, 2.45) is 0 Å². The van der Waals surface area contributed by atoms with Crippen molar-refractivity contribution in [3.8, 4) is 0 Å². The Morgan fingerprint density at radius 2 is 1.92 bits per heavy atom. The minimum atomic E-state index is -0.756. The van der Waals surface area contributed by atoms with E-state index in [-0.39, 0.29) is 12.2 Å². The third-order valence-corrected chi connectivity index (χ3v) is 3.07. The third kappa shape index (κ3) is 1.34. The fraction of sp³-hybridized carbons (Fsp3) is 0.889. The molecule has 74 valence electrons. The van der Waals surface area contributed by atoms with Gasteiger partial charge in [0.1, 0.15) is 5.54 Å². The summed E-state index contributed by atoms with van der Waals surface area (Å²) >= 11 is 0. The molecule has 4 nitrogen and oxygen atoms in total. The van der Waals surface area contributed by atoms with Crippen molar-refractivity contribution in [3.05, 3.63) is 0 Å². The van der Waals surface area contributed by atoms with Gasteiger partial charge in [0.2, 0.25) is 0 Å². The summed E-state index contributed by atoms with van der Waals surface area (Å²) in [4.78, 5) is 13.0. The van der Waals surface area contributed by atoms with Gasteiger partial charge in [-0.15, -0.1) is 0 Å². The monoisotopic (exact) mass is 185 g/mol. The number of aliphatic carboxylic acids is 1. The van der Waals surface area contributed by atoms with Crippen LogP contribution in [0.5, 0.6) is 0 Å². The van der Waals surface area contributed by atoms with Crippen molar-refractivity contribution in [1.82, 2.24) is 4.90 Å². The van der Waals surface area contributed by atoms with Crippen molar-refractivity contribution in [1.29, 1.82) is 0 Å². The van der Waals surface area contributed by atoms with Crippen LogP contribution in [0.2, 0.25) is 0 Å². The highest BCUT2D eigenvalue weighted by Crippen LogP contribution is 2.31. The van der Waals surface area contributed by atoms with Gasteiger partial charge in [0.15, 0.2) is 0 Å². The first-order chi connectivity index (χ1) is 6.00. The van der Waals surface area contributed by atoms with E-state index in [2.05, 4.69) is 0 Å². The minimum Gasteiger partial charge on any atom is -0.480 e. The predicted molar refractivity (Wildman–Crippen MR) is 46.6 cm³/mol. The first-order valence-corrected chi connectivity index (χ1v) is 4.64. The minimum absolute atomic E-state index is 0.275. The topological polar surface area (TPSA) is 49.8 Å². The molecular formula is C9H15NO3. The maximum absolute atomic E-state index is 11.0. The van der Waals surface area contributed by atoms with Crippen molar-refractivity contribution in [2.75, 3.05) is 13.1 Å². The second-order valence-electron chi connectivity index (χ2n) is 4.38. The summed E-state index contributed by atoms with van der Waals surface area (Å²) in [5, 5.41) is 9.01. The number of nitrogens with zero attached hydrogens (tertiary/aromatic N) is 1. The molecule has 3 heterocycles. The van der Waals surface area contributed by atoms with Crippen LogP contribution >= 0.6 is 0 Å². The Morgan fingerprint density at radius 1 is 1.46 bits per heavy atom. The first kappa shape index (κ1) is 8.97. The van der Waals surface area contributed by atoms with Crippen LogP contribution in [0.1, 0.15) is 20.3 Å². The number of carboxylic acid groups (broad SMARTS) is 1. The van der Waals surface area contributed by atoms with Gasteiger partial charge >= 0.3 is 5.97 Å². The van der Waals surface area contributed by atoms with Gasteiger partial charge in [-0.2, -0.15) is 0 Å². The maximum Gasteiger partial charge on any atom is 0.323 e. The zero-order valence-electron chi connectivity index (χ0n) is 7.99. The van der Waals surface area contributed by atoms with E-state index in [1.54, 1.807) is 13.8 Å². The summed E-state index contributed by atoms with van der Waals surface area (Å²) in [6.45, 7) is 5.02. The summed E-state index contributed by atoms with van der Waals surface area (Å²) in [5.74, 6) is -0.756. The average Bonchev–Trinajstić information content (AvgIpc) is 2.03. The van der Waals surface area contributed by atoms with E-state index in [1.165, 1.54) is 0 Å². The van der Waals surface area contributed by atoms with Crippen LogP contribution in [-0.2, 0) is 9.53 Å². The number of carbonyl (C=O) groups is 1. The molecule has 0 spiro atoms. The first-order valence-electron chi connectivity index (χ1n) is 4.64. The second kappa shape index (κ2) is 2.69. The molecule has 0 saturated carbocycles. The molecule has 3 saturated heterocycles. The Balaban J connectivity index is 2.04. The van der Waals surface area contributed by atoms with E-state index >= 15 is 0 Å². The van der Waals surface area contributed by atoms with E-state index in [0.717, 1.165) is 19.5 Å². The van der Waals surface area contributed by atoms with Crippen LogP contribution in [0.3, 0.4) is 0 Å². The molecule has 4 heteroatoms. The fourth-order valence-corrected chi connectivity index (χ4v) is 1.95. The van der Waals surface area contributed by atoms with Crippen LogP contribution in [0.15, 0.2) is 0 Å². The number of ether oxygens (including phenoxy) is 1. The van der Waals surface area contributed by atoms with Crippen LogP contribution in [0, 0.1) is 0 Å².